The summed E-state index contributed by atoms with van der Waals surface area (Å²) in [5.74, 6) is 0.512. The highest BCUT2D eigenvalue weighted by atomic mass is 16.2. The van der Waals surface area contributed by atoms with Crippen LogP contribution in [0.5, 0.6) is 0 Å². The normalized spacial score (nSPS) is 20.6. The number of benzene rings is 1. The van der Waals surface area contributed by atoms with E-state index in [9.17, 15) is 4.79 Å². The summed E-state index contributed by atoms with van der Waals surface area (Å²) in [6.45, 7) is 5.15. The smallest absolute Gasteiger partial charge is 0.242 e. The molecule has 0 saturated carbocycles. The fourth-order valence-electron chi connectivity index (χ4n) is 2.35. The molecule has 1 aromatic rings. The van der Waals surface area contributed by atoms with Crippen molar-refractivity contribution in [1.82, 2.24) is 4.90 Å². The van der Waals surface area contributed by atoms with Crippen molar-refractivity contribution in [3.8, 4) is 0 Å². The maximum Gasteiger partial charge on any atom is 0.242 e. The third-order valence-corrected chi connectivity index (χ3v) is 3.30. The molecule has 1 fully saturated rings. The molecule has 2 N–H and O–H groups in total. The Balaban J connectivity index is 2.04. The van der Waals surface area contributed by atoms with Gasteiger partial charge in [-0.2, -0.15) is 0 Å². The van der Waals surface area contributed by atoms with E-state index in [1.165, 1.54) is 5.56 Å². The van der Waals surface area contributed by atoms with E-state index in [4.69, 9.17) is 5.73 Å². The highest BCUT2D eigenvalue weighted by Crippen LogP contribution is 2.27. The Bertz CT molecular complexity index is 394. The first kappa shape index (κ1) is 12.1. The summed E-state index contributed by atoms with van der Waals surface area (Å²) in [6, 6.07) is 10.4. The van der Waals surface area contributed by atoms with Crippen molar-refractivity contribution < 1.29 is 4.79 Å². The van der Waals surface area contributed by atoms with Crippen LogP contribution in [0.15, 0.2) is 30.3 Å². The van der Waals surface area contributed by atoms with Gasteiger partial charge in [0.1, 0.15) is 0 Å². The summed E-state index contributed by atoms with van der Waals surface area (Å²) in [4.78, 5) is 13.9. The van der Waals surface area contributed by atoms with Crippen molar-refractivity contribution >= 4 is 5.91 Å². The summed E-state index contributed by atoms with van der Waals surface area (Å²) in [6.07, 6.45) is 1.03. The van der Waals surface area contributed by atoms with E-state index in [0.29, 0.717) is 5.92 Å². The minimum Gasteiger partial charge on any atom is -0.340 e. The largest absolute Gasteiger partial charge is 0.340 e. The molecule has 0 aliphatic carbocycles. The predicted molar refractivity (Wildman–Crippen MR) is 68.6 cm³/mol. The van der Waals surface area contributed by atoms with E-state index in [0.717, 1.165) is 19.5 Å². The lowest BCUT2D eigenvalue weighted by atomic mass is 9.99. The maximum absolute atomic E-state index is 12.0. The van der Waals surface area contributed by atoms with Crippen LogP contribution in [0.2, 0.25) is 0 Å². The molecule has 0 radical (unpaired) electrons. The SMILES string of the molecule is CC(C)(N)C(=O)N1CCC(c2ccccc2)C1. The molecule has 17 heavy (non-hydrogen) atoms. The zero-order chi connectivity index (χ0) is 12.5. The third-order valence-electron chi connectivity index (χ3n) is 3.30. The van der Waals surface area contributed by atoms with Gasteiger partial charge in [-0.05, 0) is 25.8 Å². The van der Waals surface area contributed by atoms with Crippen molar-refractivity contribution in [1.29, 1.82) is 0 Å². The first-order valence-corrected chi connectivity index (χ1v) is 6.11. The zero-order valence-electron chi connectivity index (χ0n) is 10.5. The molecule has 2 rings (SSSR count). The maximum atomic E-state index is 12.0. The first-order valence-electron chi connectivity index (χ1n) is 6.11. The van der Waals surface area contributed by atoms with Gasteiger partial charge < -0.3 is 10.6 Å². The van der Waals surface area contributed by atoms with Crippen molar-refractivity contribution in [2.75, 3.05) is 13.1 Å². The number of hydrogen-bond donors (Lipinski definition) is 1. The van der Waals surface area contributed by atoms with Gasteiger partial charge in [0.05, 0.1) is 5.54 Å². The van der Waals surface area contributed by atoms with Gasteiger partial charge in [-0.25, -0.2) is 0 Å². The van der Waals surface area contributed by atoms with Crippen molar-refractivity contribution in [3.05, 3.63) is 35.9 Å². The lowest BCUT2D eigenvalue weighted by Gasteiger charge is -2.25. The Morgan fingerprint density at radius 3 is 2.59 bits per heavy atom. The van der Waals surface area contributed by atoms with E-state index in [-0.39, 0.29) is 5.91 Å². The molecule has 1 amide bonds. The highest BCUT2D eigenvalue weighted by Gasteiger charge is 2.33. The topological polar surface area (TPSA) is 46.3 Å². The zero-order valence-corrected chi connectivity index (χ0v) is 10.5. The van der Waals surface area contributed by atoms with Crippen LogP contribution >= 0.6 is 0 Å². The van der Waals surface area contributed by atoms with Crippen LogP contribution in [-0.2, 0) is 4.79 Å². The van der Waals surface area contributed by atoms with E-state index in [1.807, 2.05) is 23.1 Å². The lowest BCUT2D eigenvalue weighted by molar-refractivity contribution is -0.134. The Morgan fingerprint density at radius 2 is 2.00 bits per heavy atom. The average Bonchev–Trinajstić information content (AvgIpc) is 2.77. The van der Waals surface area contributed by atoms with Gasteiger partial charge >= 0.3 is 0 Å². The second kappa shape index (κ2) is 4.49. The molecule has 1 saturated heterocycles. The van der Waals surface area contributed by atoms with Gasteiger partial charge in [0, 0.05) is 19.0 Å². The van der Waals surface area contributed by atoms with Gasteiger partial charge in [-0.3, -0.25) is 4.79 Å². The number of nitrogens with two attached hydrogens (primary N) is 1. The van der Waals surface area contributed by atoms with E-state index >= 15 is 0 Å². The van der Waals surface area contributed by atoms with Crippen LogP contribution in [0, 0.1) is 0 Å². The Kier molecular flexibility index (Phi) is 3.20. The molecule has 1 atom stereocenters. The monoisotopic (exact) mass is 232 g/mol. The average molecular weight is 232 g/mol. The summed E-state index contributed by atoms with van der Waals surface area (Å²) >= 11 is 0. The number of rotatable bonds is 2. The van der Waals surface area contributed by atoms with Crippen LogP contribution < -0.4 is 5.73 Å². The second-order valence-electron chi connectivity index (χ2n) is 5.37. The molecule has 3 nitrogen and oxygen atoms in total. The quantitative estimate of drug-likeness (QED) is 0.844. The molecule has 1 aliphatic rings. The van der Waals surface area contributed by atoms with Gasteiger partial charge in [0.25, 0.3) is 0 Å². The lowest BCUT2D eigenvalue weighted by Crippen LogP contribution is -2.50. The first-order chi connectivity index (χ1) is 7.98. The summed E-state index contributed by atoms with van der Waals surface area (Å²) in [7, 11) is 0. The minimum absolute atomic E-state index is 0.0518. The molecule has 1 aliphatic heterocycles. The van der Waals surface area contributed by atoms with E-state index in [2.05, 4.69) is 12.1 Å². The summed E-state index contributed by atoms with van der Waals surface area (Å²) in [5.41, 5.74) is 6.41. The van der Waals surface area contributed by atoms with Crippen LogP contribution in [0.3, 0.4) is 0 Å². The van der Waals surface area contributed by atoms with Gasteiger partial charge in [-0.1, -0.05) is 30.3 Å². The van der Waals surface area contributed by atoms with Gasteiger partial charge in [0.2, 0.25) is 5.91 Å². The highest BCUT2D eigenvalue weighted by molar-refractivity contribution is 5.85. The van der Waals surface area contributed by atoms with Gasteiger partial charge in [0.15, 0.2) is 0 Å². The van der Waals surface area contributed by atoms with E-state index in [1.54, 1.807) is 13.8 Å². The molecule has 1 aromatic carbocycles. The Hall–Kier alpha value is -1.35. The van der Waals surface area contributed by atoms with Crippen molar-refractivity contribution in [2.45, 2.75) is 31.7 Å². The fourth-order valence-corrected chi connectivity index (χ4v) is 2.35. The molecule has 0 bridgehead atoms. The van der Waals surface area contributed by atoms with Crippen molar-refractivity contribution in [2.24, 2.45) is 5.73 Å². The standard InChI is InChI=1S/C14H20N2O/c1-14(2,15)13(17)16-9-8-12(10-16)11-6-4-3-5-7-11/h3-7,12H,8-10,15H2,1-2H3. The molecule has 1 unspecified atom stereocenters. The molecule has 92 valence electrons. The second-order valence-corrected chi connectivity index (χ2v) is 5.37. The third kappa shape index (κ3) is 2.67. The fraction of sp³-hybridized carbons (Fsp3) is 0.500. The van der Waals surface area contributed by atoms with Gasteiger partial charge in [-0.15, -0.1) is 0 Å². The van der Waals surface area contributed by atoms with Crippen LogP contribution in [0.4, 0.5) is 0 Å². The molecule has 3 heteroatoms. The summed E-state index contributed by atoms with van der Waals surface area (Å²) in [5, 5.41) is 0. The van der Waals surface area contributed by atoms with E-state index < -0.39 is 5.54 Å². The van der Waals surface area contributed by atoms with Crippen molar-refractivity contribution in [3.63, 3.8) is 0 Å². The number of amides is 1. The minimum atomic E-state index is -0.758. The molecule has 0 aromatic heterocycles. The predicted octanol–water partition coefficient (Wildman–Crippen LogP) is 1.74. The number of hydrogen-bond acceptors (Lipinski definition) is 2. The van der Waals surface area contributed by atoms with Crippen LogP contribution in [0.25, 0.3) is 0 Å². The summed E-state index contributed by atoms with van der Waals surface area (Å²) < 4.78 is 0. The molecule has 0 spiro atoms. The van der Waals surface area contributed by atoms with Crippen LogP contribution in [-0.4, -0.2) is 29.4 Å². The Labute approximate surface area is 103 Å². The number of likely N-dealkylation sites (tertiary alicyclic amines) is 1. The number of nitrogens with zero attached hydrogens (tertiary/aromatic N) is 1. The molecular weight excluding hydrogens is 212 g/mol. The Morgan fingerprint density at radius 1 is 1.35 bits per heavy atom. The molecular formula is C14H20N2O. The number of carbonyl (C=O) groups excluding carboxylic acids is 1. The molecule has 1 heterocycles. The van der Waals surface area contributed by atoms with Crippen LogP contribution in [0.1, 0.15) is 31.7 Å². The number of carbonyl (C=O) groups is 1.